The Bertz CT molecular complexity index is 1700. The number of carbonyl (C=O) groups is 1. The van der Waals surface area contributed by atoms with Crippen LogP contribution in [0.3, 0.4) is 0 Å². The number of hydrogen-bond donors (Lipinski definition) is 0. The van der Waals surface area contributed by atoms with E-state index >= 15 is 0 Å². The van der Waals surface area contributed by atoms with Gasteiger partial charge in [0.2, 0.25) is 5.75 Å². The molecule has 1 aromatic heterocycles. The van der Waals surface area contributed by atoms with Crippen LogP contribution in [-0.4, -0.2) is 52.4 Å². The minimum atomic E-state index is -0.215. The summed E-state index contributed by atoms with van der Waals surface area (Å²) < 4.78 is 34.6. The first-order valence-electron chi connectivity index (χ1n) is 13.9. The Morgan fingerprint density at radius 1 is 0.750 bits per heavy atom. The second-order valence-corrected chi connectivity index (χ2v) is 10.6. The molecule has 0 spiro atoms. The quantitative estimate of drug-likeness (QED) is 0.0716. The molecule has 0 amide bonds. The monoisotopic (exact) mass is 611 g/mol. The van der Waals surface area contributed by atoms with Crippen LogP contribution in [0.4, 0.5) is 0 Å². The van der Waals surface area contributed by atoms with E-state index in [0.29, 0.717) is 53.9 Å². The molecule has 5 rings (SSSR count). The van der Waals surface area contributed by atoms with Crippen LogP contribution in [0.5, 0.6) is 34.5 Å². The predicted octanol–water partition coefficient (Wildman–Crippen LogP) is 7.74. The molecule has 0 aliphatic rings. The fourth-order valence-corrected chi connectivity index (χ4v) is 5.49. The fraction of sp³-hybridized carbons (Fsp3) is 0.200. The lowest BCUT2D eigenvalue weighted by Crippen LogP contribution is -2.05. The lowest BCUT2D eigenvalue weighted by molar-refractivity contribution is 0.104. The molecule has 0 aliphatic heterocycles. The summed E-state index contributed by atoms with van der Waals surface area (Å²) in [4.78, 5) is 17.7. The minimum Gasteiger partial charge on any atom is -0.493 e. The molecular weight excluding hydrogens is 578 g/mol. The third kappa shape index (κ3) is 7.12. The van der Waals surface area contributed by atoms with Crippen LogP contribution in [0.25, 0.3) is 26.9 Å². The van der Waals surface area contributed by atoms with Crippen molar-refractivity contribution in [2.24, 2.45) is 0 Å². The Morgan fingerprint density at radius 2 is 1.45 bits per heavy atom. The van der Waals surface area contributed by atoms with Gasteiger partial charge in [0, 0.05) is 17.5 Å². The van der Waals surface area contributed by atoms with E-state index in [1.54, 1.807) is 36.7 Å². The van der Waals surface area contributed by atoms with Crippen molar-refractivity contribution in [2.45, 2.75) is 6.42 Å². The summed E-state index contributed by atoms with van der Waals surface area (Å²) in [5.74, 6) is 3.00. The van der Waals surface area contributed by atoms with Gasteiger partial charge in [-0.25, -0.2) is 4.98 Å². The highest BCUT2D eigenvalue weighted by Crippen LogP contribution is 2.38. The largest absolute Gasteiger partial charge is 0.493 e. The third-order valence-electron chi connectivity index (χ3n) is 6.77. The Balaban J connectivity index is 1.15. The maximum Gasteiger partial charge on any atom is 0.203 e. The third-order valence-corrected chi connectivity index (χ3v) is 7.86. The van der Waals surface area contributed by atoms with Crippen molar-refractivity contribution >= 4 is 33.4 Å². The molecule has 0 saturated carbocycles. The Kier molecular flexibility index (Phi) is 9.99. The Morgan fingerprint density at radius 3 is 2.14 bits per heavy atom. The SMILES string of the molecule is COc1ccc(/C=C/C(=O)c2cc(OC)c(OC)c(OC)c2)cc1OCCCOc1ccc(-c2nc3ccccc3s2)cc1. The van der Waals surface area contributed by atoms with Gasteiger partial charge in [0.05, 0.1) is 51.9 Å². The van der Waals surface area contributed by atoms with Gasteiger partial charge in [-0.2, -0.15) is 0 Å². The van der Waals surface area contributed by atoms with Gasteiger partial charge in [-0.1, -0.05) is 24.3 Å². The van der Waals surface area contributed by atoms with Crippen LogP contribution >= 0.6 is 11.3 Å². The average molecular weight is 612 g/mol. The molecule has 0 unspecified atom stereocenters. The number of methoxy groups -OCH3 is 4. The second-order valence-electron chi connectivity index (χ2n) is 9.58. The van der Waals surface area contributed by atoms with Gasteiger partial charge < -0.3 is 28.4 Å². The molecule has 44 heavy (non-hydrogen) atoms. The van der Waals surface area contributed by atoms with Crippen LogP contribution in [0, 0.1) is 0 Å². The van der Waals surface area contributed by atoms with Crippen LogP contribution in [0.15, 0.2) is 84.9 Å². The highest BCUT2D eigenvalue weighted by molar-refractivity contribution is 7.21. The lowest BCUT2D eigenvalue weighted by Gasteiger charge is -2.13. The van der Waals surface area contributed by atoms with Crippen molar-refractivity contribution in [1.29, 1.82) is 0 Å². The predicted molar refractivity (Wildman–Crippen MR) is 173 cm³/mol. The van der Waals surface area contributed by atoms with Crippen molar-refractivity contribution in [3.05, 3.63) is 96.1 Å². The number of ether oxygens (including phenoxy) is 6. The van der Waals surface area contributed by atoms with E-state index in [1.807, 2.05) is 60.7 Å². The van der Waals surface area contributed by atoms with Crippen LogP contribution in [0.2, 0.25) is 0 Å². The highest BCUT2D eigenvalue weighted by Gasteiger charge is 2.16. The van der Waals surface area contributed by atoms with Crippen molar-refractivity contribution in [3.8, 4) is 45.1 Å². The molecule has 1 heterocycles. The molecule has 0 fully saturated rings. The number of fused-ring (bicyclic) bond motifs is 1. The number of thiazole rings is 1. The van der Waals surface area contributed by atoms with E-state index in [1.165, 1.54) is 32.1 Å². The number of aromatic nitrogens is 1. The molecule has 8 nitrogen and oxygen atoms in total. The molecule has 0 N–H and O–H groups in total. The number of rotatable bonds is 14. The number of ketones is 1. The number of benzene rings is 4. The van der Waals surface area contributed by atoms with Crippen molar-refractivity contribution < 1.29 is 33.2 Å². The standard InChI is InChI=1S/C35H33NO7S/c1-38-29-17-11-23(10-16-28(37)25-21-31(39-2)34(41-4)32(22-25)40-3)20-30(29)43-19-7-18-42-26-14-12-24(13-15-26)35-36-27-8-5-6-9-33(27)44-35/h5-6,8-17,20-22H,7,18-19H2,1-4H3/b16-10+. The highest BCUT2D eigenvalue weighted by atomic mass is 32.1. The first-order valence-corrected chi connectivity index (χ1v) is 14.8. The summed E-state index contributed by atoms with van der Waals surface area (Å²) in [6.07, 6.45) is 3.88. The minimum absolute atomic E-state index is 0.215. The van der Waals surface area contributed by atoms with Gasteiger partial charge in [0.15, 0.2) is 28.8 Å². The van der Waals surface area contributed by atoms with Gasteiger partial charge >= 0.3 is 0 Å². The maximum absolute atomic E-state index is 12.9. The normalized spacial score (nSPS) is 11.0. The zero-order valence-electron chi connectivity index (χ0n) is 25.0. The number of nitrogens with zero attached hydrogens (tertiary/aromatic N) is 1. The van der Waals surface area contributed by atoms with E-state index in [2.05, 4.69) is 6.07 Å². The maximum atomic E-state index is 12.9. The smallest absolute Gasteiger partial charge is 0.203 e. The van der Waals surface area contributed by atoms with Crippen molar-refractivity contribution in [3.63, 3.8) is 0 Å². The summed E-state index contributed by atoms with van der Waals surface area (Å²) in [6.45, 7) is 0.920. The number of allylic oxidation sites excluding steroid dienone is 1. The van der Waals surface area contributed by atoms with E-state index in [9.17, 15) is 4.79 Å². The number of para-hydroxylation sites is 1. The molecule has 4 aromatic carbocycles. The zero-order valence-corrected chi connectivity index (χ0v) is 25.8. The molecule has 5 aromatic rings. The topological polar surface area (TPSA) is 85.3 Å². The van der Waals surface area contributed by atoms with Gasteiger partial charge in [-0.15, -0.1) is 11.3 Å². The molecule has 0 bridgehead atoms. The number of carbonyl (C=O) groups excluding carboxylic acids is 1. The van der Waals surface area contributed by atoms with Crippen LogP contribution in [0.1, 0.15) is 22.3 Å². The first-order chi connectivity index (χ1) is 21.5. The first kappa shape index (κ1) is 30.4. The summed E-state index contributed by atoms with van der Waals surface area (Å²) >= 11 is 1.68. The summed E-state index contributed by atoms with van der Waals surface area (Å²) in [7, 11) is 6.12. The molecule has 0 aliphatic carbocycles. The zero-order chi connectivity index (χ0) is 30.9. The molecular formula is C35H33NO7S. The average Bonchev–Trinajstić information content (AvgIpc) is 3.51. The lowest BCUT2D eigenvalue weighted by atomic mass is 10.1. The fourth-order valence-electron chi connectivity index (χ4n) is 4.52. The van der Waals surface area contributed by atoms with E-state index in [-0.39, 0.29) is 5.78 Å². The molecule has 0 saturated heterocycles. The molecule has 0 radical (unpaired) electrons. The van der Waals surface area contributed by atoms with Gasteiger partial charge in [-0.3, -0.25) is 4.79 Å². The summed E-state index contributed by atoms with van der Waals surface area (Å²) in [5, 5.41) is 0.989. The van der Waals surface area contributed by atoms with Crippen molar-refractivity contribution in [1.82, 2.24) is 4.98 Å². The Labute approximate surface area is 260 Å². The van der Waals surface area contributed by atoms with Crippen LogP contribution in [-0.2, 0) is 0 Å². The van der Waals surface area contributed by atoms with Crippen LogP contribution < -0.4 is 28.4 Å². The van der Waals surface area contributed by atoms with E-state index in [4.69, 9.17) is 33.4 Å². The molecule has 0 atom stereocenters. The Hall–Kier alpha value is -5.02. The van der Waals surface area contributed by atoms with Gasteiger partial charge in [0.25, 0.3) is 0 Å². The van der Waals surface area contributed by atoms with E-state index < -0.39 is 0 Å². The van der Waals surface area contributed by atoms with Crippen molar-refractivity contribution in [2.75, 3.05) is 41.7 Å². The molecule has 9 heteroatoms. The van der Waals surface area contributed by atoms with Gasteiger partial charge in [-0.05, 0) is 72.3 Å². The summed E-state index contributed by atoms with van der Waals surface area (Å²) in [5.41, 5.74) is 3.27. The number of hydrogen-bond acceptors (Lipinski definition) is 9. The van der Waals surface area contributed by atoms with Gasteiger partial charge in [0.1, 0.15) is 10.8 Å². The summed E-state index contributed by atoms with van der Waals surface area (Å²) in [6, 6.07) is 24.8. The second kappa shape index (κ2) is 14.4. The molecule has 226 valence electrons. The van der Waals surface area contributed by atoms with E-state index in [0.717, 1.165) is 27.4 Å².